The molecule has 16 heteroatoms. The zero-order valence-corrected chi connectivity index (χ0v) is 73.5. The molecule has 0 heterocycles. The fraction of sp³-hybridized carbons (Fsp3) is 0.556. The Hall–Kier alpha value is -2.23. The van der Waals surface area contributed by atoms with E-state index in [4.69, 9.17) is 21.0 Å². The van der Waals surface area contributed by atoms with E-state index in [-0.39, 0.29) is 98.1 Å². The van der Waals surface area contributed by atoms with Crippen LogP contribution in [0.25, 0.3) is 0 Å². The van der Waals surface area contributed by atoms with E-state index in [1.54, 1.807) is 36.4 Å². The van der Waals surface area contributed by atoms with Crippen molar-refractivity contribution in [3.63, 3.8) is 0 Å². The van der Waals surface area contributed by atoms with Gasteiger partial charge in [-0.05, 0) is 174 Å². The molecule has 0 aliphatic rings. The molecular weight excluding hydrogens is 1210 g/mol. The maximum Gasteiger partial charge on any atom is 2.00 e. The SMILES string of the molecule is CN(C)CCN(C)C.CN(C)CCN(C)C.CN(C)CCN(C)C.CN(C)CCN(C)C.C[C-](C)C.C[C-](C)C.C[C-](C)C.C[C-](C)C.Cc1cc[c-]c(C#N)c1.Cc1cc[c-]c(C#N)c1.Cc1cccc(C#N)c1.Cc1cccc(C#N)c1.[Na+].[Na+].[Zn+2].[Zn+2]. The van der Waals surface area contributed by atoms with Crippen molar-refractivity contribution in [3.8, 4) is 24.3 Å². The van der Waals surface area contributed by atoms with E-state index in [2.05, 4.69) is 259 Å². The number of benzene rings is 4. The molecule has 0 bridgehead atoms. The smallest absolute Gasteiger partial charge is 0.323 e. The largest absolute Gasteiger partial charge is 2.00 e. The van der Waals surface area contributed by atoms with E-state index in [0.29, 0.717) is 11.1 Å². The van der Waals surface area contributed by atoms with E-state index in [1.165, 1.54) is 23.7 Å². The average Bonchev–Trinajstić information content (AvgIpc) is 3.37. The summed E-state index contributed by atoms with van der Waals surface area (Å²) in [6.07, 6.45) is 0. The quantitative estimate of drug-likeness (QED) is 0.101. The molecule has 4 aromatic carbocycles. The van der Waals surface area contributed by atoms with Gasteiger partial charge in [0.05, 0.1) is 23.3 Å². The first-order chi connectivity index (χ1) is 38.7. The Labute approximate surface area is 617 Å². The minimum Gasteiger partial charge on any atom is -0.323 e. The fourth-order valence-corrected chi connectivity index (χ4v) is 4.32. The van der Waals surface area contributed by atoms with Crippen molar-refractivity contribution in [2.75, 3.05) is 165 Å². The number of likely N-dealkylation sites (N-methyl/N-ethyl adjacent to an activating group) is 8. The molecule has 0 aromatic heterocycles. The molecule has 0 aliphatic carbocycles. The van der Waals surface area contributed by atoms with Gasteiger partial charge in [-0.1, -0.05) is 49.2 Å². The second-order valence-electron chi connectivity index (χ2n) is 24.2. The summed E-state index contributed by atoms with van der Waals surface area (Å²) in [5.74, 6) is 5.67. The van der Waals surface area contributed by atoms with Crippen LogP contribution < -0.4 is 59.1 Å². The summed E-state index contributed by atoms with van der Waals surface area (Å²) in [6.45, 7) is 42.0. The molecule has 0 N–H and O–H groups in total. The molecule has 0 saturated carbocycles. The molecule has 0 radical (unpaired) electrons. The molecule has 0 amide bonds. The van der Waals surface area contributed by atoms with E-state index < -0.39 is 0 Å². The number of hydrogen-bond donors (Lipinski definition) is 0. The molecule has 0 unspecified atom stereocenters. The first-order valence-corrected chi connectivity index (χ1v) is 28.7. The Balaban J connectivity index is -0.0000000721. The van der Waals surface area contributed by atoms with Crippen LogP contribution in [0.4, 0.5) is 0 Å². The van der Waals surface area contributed by atoms with E-state index in [9.17, 15) is 0 Å². The molecule has 0 aliphatic heterocycles. The topological polar surface area (TPSA) is 121 Å². The van der Waals surface area contributed by atoms with Crippen LogP contribution in [0.15, 0.2) is 84.9 Å². The van der Waals surface area contributed by atoms with Gasteiger partial charge in [0, 0.05) is 52.4 Å². The number of rotatable bonds is 12. The van der Waals surface area contributed by atoms with Gasteiger partial charge in [-0.25, -0.2) is 0 Å². The summed E-state index contributed by atoms with van der Waals surface area (Å²) in [6, 6.07) is 39.7. The van der Waals surface area contributed by atoms with Crippen molar-refractivity contribution < 1.29 is 98.1 Å². The van der Waals surface area contributed by atoms with Gasteiger partial charge in [-0.2, -0.15) is 93.6 Å². The second-order valence-corrected chi connectivity index (χ2v) is 24.2. The molecule has 88 heavy (non-hydrogen) atoms. The van der Waals surface area contributed by atoms with Gasteiger partial charge in [0.15, 0.2) is 0 Å². The minimum absolute atomic E-state index is 0. The van der Waals surface area contributed by atoms with Gasteiger partial charge in [-0.3, -0.25) is 10.5 Å². The average molecular weight is 1340 g/mol. The van der Waals surface area contributed by atoms with Crippen LogP contribution in [0.1, 0.15) is 128 Å². The molecule has 0 spiro atoms. The molecule has 0 saturated heterocycles. The van der Waals surface area contributed by atoms with Gasteiger partial charge in [-0.15, -0.1) is 59.7 Å². The first-order valence-electron chi connectivity index (χ1n) is 28.7. The summed E-state index contributed by atoms with van der Waals surface area (Å²) >= 11 is 0. The van der Waals surface area contributed by atoms with Crippen molar-refractivity contribution in [1.82, 2.24) is 39.2 Å². The zero-order chi connectivity index (χ0) is 67.3. The Morgan fingerprint density at radius 1 is 0.307 bits per heavy atom. The Morgan fingerprint density at radius 2 is 0.477 bits per heavy atom. The van der Waals surface area contributed by atoms with E-state index in [0.717, 1.165) is 85.7 Å². The molecule has 12 nitrogen and oxygen atoms in total. The van der Waals surface area contributed by atoms with Gasteiger partial charge in [0.2, 0.25) is 0 Å². The van der Waals surface area contributed by atoms with Gasteiger partial charge < -0.3 is 62.9 Å². The molecule has 0 fully saturated rings. The molecule has 480 valence electrons. The molecule has 4 aromatic rings. The van der Waals surface area contributed by atoms with Crippen molar-refractivity contribution in [1.29, 1.82) is 21.0 Å². The second kappa shape index (κ2) is 80.9. The summed E-state index contributed by atoms with van der Waals surface area (Å²) in [4.78, 5) is 17.4. The van der Waals surface area contributed by atoms with Crippen LogP contribution in [0, 0.1) is 109 Å². The summed E-state index contributed by atoms with van der Waals surface area (Å²) in [5.41, 5.74) is 7.15. The first kappa shape index (κ1) is 113. The maximum atomic E-state index is 8.41. The van der Waals surface area contributed by atoms with Crippen molar-refractivity contribution in [2.45, 2.75) is 111 Å². The minimum atomic E-state index is 0. The van der Waals surface area contributed by atoms with Crippen molar-refractivity contribution in [2.24, 2.45) is 0 Å². The molecule has 0 atom stereocenters. The monoisotopic (exact) mass is 1330 g/mol. The zero-order valence-electron chi connectivity index (χ0n) is 63.5. The third-order valence-electron chi connectivity index (χ3n) is 8.43. The summed E-state index contributed by atoms with van der Waals surface area (Å²) in [5, 5.41) is 33.6. The van der Waals surface area contributed by atoms with Crippen LogP contribution >= 0.6 is 0 Å². The molecular formula is C72H126N12Na2Zn2. The van der Waals surface area contributed by atoms with Gasteiger partial charge in [0.25, 0.3) is 0 Å². The third-order valence-corrected chi connectivity index (χ3v) is 8.43. The predicted octanol–water partition coefficient (Wildman–Crippen LogP) is 7.99. The van der Waals surface area contributed by atoms with Crippen molar-refractivity contribution in [3.05, 3.63) is 165 Å². The maximum absolute atomic E-state index is 8.41. The standard InChI is InChI=1S/2C8H7N.2C8H6N.4C6H16N2.4C4H9.2Na.2Zn/c4*1-7-3-2-4-8(5-7)6-9;4*1-7(2)5-6-8(3)4;4*1-4(2)3;;;;/h2*2-5H,1H3;2*2-3,5H,1H3;4*5-6H2,1-4H3;4*1-3H3;;;;/q;;2*-1;;;;;4*-1;2*+1;2*+2. The van der Waals surface area contributed by atoms with Crippen LogP contribution in [-0.2, 0) is 39.0 Å². The fourth-order valence-electron chi connectivity index (χ4n) is 4.32. The Morgan fingerprint density at radius 3 is 0.580 bits per heavy atom. The van der Waals surface area contributed by atoms with E-state index >= 15 is 0 Å². The number of nitriles is 4. The van der Waals surface area contributed by atoms with Crippen LogP contribution in [0.5, 0.6) is 0 Å². The van der Waals surface area contributed by atoms with E-state index in [1.807, 2.05) is 88.4 Å². The van der Waals surface area contributed by atoms with Crippen molar-refractivity contribution >= 4 is 0 Å². The Bertz CT molecular complexity index is 1850. The van der Waals surface area contributed by atoms with Crippen LogP contribution in [0.2, 0.25) is 0 Å². The Kier molecular flexibility index (Phi) is 104. The van der Waals surface area contributed by atoms with Crippen LogP contribution in [-0.4, -0.2) is 204 Å². The number of hydrogen-bond acceptors (Lipinski definition) is 12. The summed E-state index contributed by atoms with van der Waals surface area (Å²) < 4.78 is 0. The predicted molar refractivity (Wildman–Crippen MR) is 371 cm³/mol. The summed E-state index contributed by atoms with van der Waals surface area (Å²) in [7, 11) is 33.4. The van der Waals surface area contributed by atoms with Gasteiger partial charge in [0.1, 0.15) is 0 Å². The third kappa shape index (κ3) is 133. The van der Waals surface area contributed by atoms with Gasteiger partial charge >= 0.3 is 98.1 Å². The number of nitrogens with zero attached hydrogens (tertiary/aromatic N) is 12. The number of aryl methyl sites for hydroxylation is 4. The normalized spacial score (nSPS) is 9.18. The molecule has 4 rings (SSSR count). The van der Waals surface area contributed by atoms with Crippen LogP contribution in [0.3, 0.4) is 0 Å².